The second kappa shape index (κ2) is 9.28. The van der Waals surface area contributed by atoms with Crippen LogP contribution in [0.15, 0.2) is 48.5 Å². The number of hydrogen-bond acceptors (Lipinski definition) is 5. The quantitative estimate of drug-likeness (QED) is 0.846. The summed E-state index contributed by atoms with van der Waals surface area (Å²) in [4.78, 5) is 16.7. The standard InChI is InChI=1S/C21H27N3O3/c1-17-7-3-5-9-19(17)24-13-11-23(12-14-24)15-16-27-21(25)22-18-8-4-6-10-20(18)26-2/h3-10H,11-16H2,1-2H3,(H,22,25). The molecule has 1 aliphatic heterocycles. The first-order chi connectivity index (χ1) is 13.2. The van der Waals surface area contributed by atoms with Crippen molar-refractivity contribution in [2.24, 2.45) is 0 Å². The van der Waals surface area contributed by atoms with Crippen LogP contribution in [0, 0.1) is 6.92 Å². The zero-order valence-electron chi connectivity index (χ0n) is 16.0. The fourth-order valence-electron chi connectivity index (χ4n) is 3.29. The first-order valence-corrected chi connectivity index (χ1v) is 9.27. The Morgan fingerprint density at radius 2 is 1.74 bits per heavy atom. The van der Waals surface area contributed by atoms with Gasteiger partial charge in [-0.3, -0.25) is 10.2 Å². The van der Waals surface area contributed by atoms with Crippen LogP contribution in [0.3, 0.4) is 0 Å². The highest BCUT2D eigenvalue weighted by Crippen LogP contribution is 2.23. The molecule has 0 saturated carbocycles. The number of nitrogens with one attached hydrogen (secondary N) is 1. The number of aryl methyl sites for hydroxylation is 1. The number of amides is 1. The second-order valence-corrected chi connectivity index (χ2v) is 6.58. The summed E-state index contributed by atoms with van der Waals surface area (Å²) in [5, 5.41) is 2.72. The Hall–Kier alpha value is -2.73. The first kappa shape index (κ1) is 19.0. The topological polar surface area (TPSA) is 54.0 Å². The van der Waals surface area contributed by atoms with Crippen LogP contribution >= 0.6 is 0 Å². The van der Waals surface area contributed by atoms with Crippen LogP contribution in [0.2, 0.25) is 0 Å². The number of piperazine rings is 1. The molecular formula is C21H27N3O3. The molecule has 0 aliphatic carbocycles. The molecule has 2 aromatic carbocycles. The number of rotatable bonds is 6. The van der Waals surface area contributed by atoms with Crippen LogP contribution in [0.4, 0.5) is 16.2 Å². The number of benzene rings is 2. The Labute approximate surface area is 160 Å². The van der Waals surface area contributed by atoms with Crippen molar-refractivity contribution in [2.75, 3.05) is 56.7 Å². The maximum Gasteiger partial charge on any atom is 0.411 e. The monoisotopic (exact) mass is 369 g/mol. The average Bonchev–Trinajstić information content (AvgIpc) is 2.69. The van der Waals surface area contributed by atoms with E-state index < -0.39 is 6.09 Å². The van der Waals surface area contributed by atoms with E-state index in [0.717, 1.165) is 32.7 Å². The fourth-order valence-corrected chi connectivity index (χ4v) is 3.29. The molecule has 0 unspecified atom stereocenters. The minimum absolute atomic E-state index is 0.366. The molecule has 0 atom stereocenters. The SMILES string of the molecule is COc1ccccc1NC(=O)OCCN1CCN(c2ccccc2C)CC1. The minimum atomic E-state index is -0.460. The average molecular weight is 369 g/mol. The van der Waals surface area contributed by atoms with Gasteiger partial charge in [0.1, 0.15) is 12.4 Å². The van der Waals surface area contributed by atoms with Crippen LogP contribution in [-0.2, 0) is 4.74 Å². The summed E-state index contributed by atoms with van der Waals surface area (Å²) < 4.78 is 10.5. The maximum absolute atomic E-state index is 12.0. The van der Waals surface area contributed by atoms with Crippen molar-refractivity contribution in [1.29, 1.82) is 0 Å². The molecule has 1 amide bonds. The Balaban J connectivity index is 1.39. The van der Waals surface area contributed by atoms with Gasteiger partial charge in [0.15, 0.2) is 0 Å². The molecule has 1 heterocycles. The van der Waals surface area contributed by atoms with E-state index in [0.29, 0.717) is 18.0 Å². The summed E-state index contributed by atoms with van der Waals surface area (Å²) in [6.45, 7) is 7.15. The van der Waals surface area contributed by atoms with Crippen LogP contribution in [0.5, 0.6) is 5.75 Å². The Morgan fingerprint density at radius 1 is 1.04 bits per heavy atom. The van der Waals surface area contributed by atoms with Crippen LogP contribution in [-0.4, -0.2) is 57.4 Å². The van der Waals surface area contributed by atoms with Gasteiger partial charge >= 0.3 is 6.09 Å². The Morgan fingerprint density at radius 3 is 2.48 bits per heavy atom. The number of carbonyl (C=O) groups is 1. The molecule has 1 saturated heterocycles. The molecule has 27 heavy (non-hydrogen) atoms. The summed E-state index contributed by atoms with van der Waals surface area (Å²) in [6.07, 6.45) is -0.460. The summed E-state index contributed by atoms with van der Waals surface area (Å²) in [5.74, 6) is 0.613. The van der Waals surface area contributed by atoms with Gasteiger partial charge in [0.2, 0.25) is 0 Å². The van der Waals surface area contributed by atoms with Gasteiger partial charge in [-0.05, 0) is 30.7 Å². The van der Waals surface area contributed by atoms with Gasteiger partial charge in [-0.1, -0.05) is 30.3 Å². The number of ether oxygens (including phenoxy) is 2. The van der Waals surface area contributed by atoms with Crippen molar-refractivity contribution in [3.63, 3.8) is 0 Å². The Bertz CT molecular complexity index is 758. The van der Waals surface area contributed by atoms with Crippen LogP contribution < -0.4 is 15.0 Å². The fraction of sp³-hybridized carbons (Fsp3) is 0.381. The summed E-state index contributed by atoms with van der Waals surface area (Å²) in [5.41, 5.74) is 3.23. The van der Waals surface area contributed by atoms with Gasteiger partial charge in [0, 0.05) is 38.4 Å². The molecule has 3 rings (SSSR count). The van der Waals surface area contributed by atoms with E-state index in [-0.39, 0.29) is 0 Å². The highest BCUT2D eigenvalue weighted by atomic mass is 16.5. The summed E-state index contributed by atoms with van der Waals surface area (Å²) in [7, 11) is 1.57. The van der Waals surface area contributed by atoms with Crippen molar-refractivity contribution >= 4 is 17.5 Å². The number of para-hydroxylation sites is 3. The predicted molar refractivity (Wildman–Crippen MR) is 108 cm³/mol. The van der Waals surface area contributed by atoms with Crippen LogP contribution in [0.1, 0.15) is 5.56 Å². The second-order valence-electron chi connectivity index (χ2n) is 6.58. The smallest absolute Gasteiger partial charge is 0.411 e. The van der Waals surface area contributed by atoms with Gasteiger partial charge < -0.3 is 14.4 Å². The van der Waals surface area contributed by atoms with E-state index in [9.17, 15) is 4.79 Å². The summed E-state index contributed by atoms with van der Waals surface area (Å²) in [6, 6.07) is 15.8. The zero-order valence-corrected chi connectivity index (χ0v) is 16.0. The predicted octanol–water partition coefficient (Wildman–Crippen LogP) is 3.37. The van der Waals surface area contributed by atoms with Gasteiger partial charge in [0.05, 0.1) is 12.8 Å². The molecule has 0 aromatic heterocycles. The molecule has 6 heteroatoms. The van der Waals surface area contributed by atoms with Crippen molar-refractivity contribution in [3.05, 3.63) is 54.1 Å². The van der Waals surface area contributed by atoms with Gasteiger partial charge in [-0.2, -0.15) is 0 Å². The van der Waals surface area contributed by atoms with E-state index in [2.05, 4.69) is 46.3 Å². The summed E-state index contributed by atoms with van der Waals surface area (Å²) >= 11 is 0. The van der Waals surface area contributed by atoms with E-state index in [1.165, 1.54) is 11.3 Å². The highest BCUT2D eigenvalue weighted by Gasteiger charge is 2.18. The largest absolute Gasteiger partial charge is 0.495 e. The van der Waals surface area contributed by atoms with E-state index in [4.69, 9.17) is 9.47 Å². The third kappa shape index (κ3) is 5.14. The Kier molecular flexibility index (Phi) is 6.54. The van der Waals surface area contributed by atoms with E-state index in [1.54, 1.807) is 19.2 Å². The molecule has 1 aliphatic rings. The lowest BCUT2D eigenvalue weighted by Crippen LogP contribution is -2.47. The lowest BCUT2D eigenvalue weighted by atomic mass is 10.1. The van der Waals surface area contributed by atoms with Crippen molar-refractivity contribution in [1.82, 2.24) is 4.90 Å². The van der Waals surface area contributed by atoms with Crippen molar-refractivity contribution in [3.8, 4) is 5.75 Å². The lowest BCUT2D eigenvalue weighted by Gasteiger charge is -2.36. The van der Waals surface area contributed by atoms with E-state index >= 15 is 0 Å². The highest BCUT2D eigenvalue weighted by molar-refractivity contribution is 5.86. The van der Waals surface area contributed by atoms with Crippen molar-refractivity contribution < 1.29 is 14.3 Å². The normalized spacial score (nSPS) is 14.7. The third-order valence-corrected chi connectivity index (χ3v) is 4.81. The molecule has 0 spiro atoms. The molecule has 0 bridgehead atoms. The molecule has 2 aromatic rings. The molecule has 1 N–H and O–H groups in total. The number of hydrogen-bond donors (Lipinski definition) is 1. The van der Waals surface area contributed by atoms with Gasteiger partial charge in [-0.25, -0.2) is 4.79 Å². The van der Waals surface area contributed by atoms with Gasteiger partial charge in [-0.15, -0.1) is 0 Å². The number of nitrogens with zero attached hydrogens (tertiary/aromatic N) is 2. The first-order valence-electron chi connectivity index (χ1n) is 9.27. The number of anilines is 2. The maximum atomic E-state index is 12.0. The van der Waals surface area contributed by atoms with Crippen LogP contribution in [0.25, 0.3) is 0 Å². The molecule has 144 valence electrons. The van der Waals surface area contributed by atoms with Crippen molar-refractivity contribution in [2.45, 2.75) is 6.92 Å². The molecule has 0 radical (unpaired) electrons. The van der Waals surface area contributed by atoms with E-state index in [1.807, 2.05) is 12.1 Å². The molecule has 6 nitrogen and oxygen atoms in total. The number of carbonyl (C=O) groups excluding carboxylic acids is 1. The van der Waals surface area contributed by atoms with Gasteiger partial charge in [0.25, 0.3) is 0 Å². The zero-order chi connectivity index (χ0) is 19.1. The number of methoxy groups -OCH3 is 1. The lowest BCUT2D eigenvalue weighted by molar-refractivity contribution is 0.137. The third-order valence-electron chi connectivity index (χ3n) is 4.81. The molecule has 1 fully saturated rings. The molecular weight excluding hydrogens is 342 g/mol. The minimum Gasteiger partial charge on any atom is -0.495 e.